The zero-order chi connectivity index (χ0) is 10.4. The molecule has 3 nitrogen and oxygen atoms in total. The molecule has 0 atom stereocenters. The monoisotopic (exact) mass is 185 g/mol. The van der Waals surface area contributed by atoms with Crippen LogP contribution in [0, 0.1) is 22.8 Å². The maximum absolute atomic E-state index is 8.80. The molecule has 70 valence electrons. The van der Waals surface area contributed by atoms with Crippen molar-refractivity contribution in [2.24, 2.45) is 0 Å². The van der Waals surface area contributed by atoms with Gasteiger partial charge in [0.15, 0.2) is 6.19 Å². The normalized spacial score (nSPS) is 8.79. The standard InChI is InChI=1S/C11H11N3/c1-2-10-4-3-5-11(8-10)14(9-13)7-6-12/h3-5,8H,2,7H2,1H3. The van der Waals surface area contributed by atoms with Gasteiger partial charge in [-0.05, 0) is 24.1 Å². The van der Waals surface area contributed by atoms with Gasteiger partial charge in [-0.25, -0.2) is 0 Å². The summed E-state index contributed by atoms with van der Waals surface area (Å²) in [5.74, 6) is 0. The summed E-state index contributed by atoms with van der Waals surface area (Å²) in [6.45, 7) is 2.16. The molecule has 0 saturated heterocycles. The number of rotatable bonds is 3. The van der Waals surface area contributed by atoms with Gasteiger partial charge in [0.25, 0.3) is 0 Å². The Balaban J connectivity index is 2.95. The quantitative estimate of drug-likeness (QED) is 0.411. The highest BCUT2D eigenvalue weighted by Crippen LogP contribution is 2.15. The van der Waals surface area contributed by atoms with E-state index in [9.17, 15) is 0 Å². The third-order valence-corrected chi connectivity index (χ3v) is 1.98. The summed E-state index contributed by atoms with van der Waals surface area (Å²) in [6.07, 6.45) is 2.91. The highest BCUT2D eigenvalue weighted by molar-refractivity contribution is 5.52. The number of aryl methyl sites for hydroxylation is 1. The van der Waals surface area contributed by atoms with E-state index in [2.05, 4.69) is 6.92 Å². The molecule has 0 aromatic heterocycles. The number of nitrogens with zero attached hydrogens (tertiary/aromatic N) is 3. The first-order valence-electron chi connectivity index (χ1n) is 4.45. The summed E-state index contributed by atoms with van der Waals surface area (Å²) < 4.78 is 0. The van der Waals surface area contributed by atoms with Crippen LogP contribution in [-0.2, 0) is 6.42 Å². The van der Waals surface area contributed by atoms with Gasteiger partial charge in [-0.1, -0.05) is 19.1 Å². The molecule has 1 aromatic rings. The van der Waals surface area contributed by atoms with Crippen molar-refractivity contribution < 1.29 is 0 Å². The number of nitriles is 2. The van der Waals surface area contributed by atoms with E-state index in [1.165, 1.54) is 10.5 Å². The van der Waals surface area contributed by atoms with E-state index in [0.717, 1.165) is 12.1 Å². The molecule has 0 N–H and O–H groups in total. The van der Waals surface area contributed by atoms with E-state index in [1.807, 2.05) is 36.5 Å². The van der Waals surface area contributed by atoms with E-state index in [-0.39, 0.29) is 6.54 Å². The Morgan fingerprint density at radius 2 is 2.14 bits per heavy atom. The lowest BCUT2D eigenvalue weighted by atomic mass is 10.1. The Kier molecular flexibility index (Phi) is 3.52. The first-order valence-corrected chi connectivity index (χ1v) is 4.45. The average molecular weight is 185 g/mol. The summed E-state index contributed by atoms with van der Waals surface area (Å²) in [6, 6.07) is 9.63. The molecule has 1 aromatic carbocycles. The van der Waals surface area contributed by atoms with Crippen LogP contribution in [0.4, 0.5) is 5.69 Å². The summed E-state index contributed by atoms with van der Waals surface area (Å²) in [4.78, 5) is 1.37. The highest BCUT2D eigenvalue weighted by atomic mass is 15.1. The first kappa shape index (κ1) is 10.1. The molecule has 0 amide bonds. The molecule has 0 unspecified atom stereocenters. The zero-order valence-corrected chi connectivity index (χ0v) is 8.07. The van der Waals surface area contributed by atoms with E-state index in [1.54, 1.807) is 0 Å². The van der Waals surface area contributed by atoms with Crippen molar-refractivity contribution in [1.29, 1.82) is 10.5 Å². The molecule has 0 spiro atoms. The van der Waals surface area contributed by atoms with Crippen LogP contribution in [0.5, 0.6) is 0 Å². The number of hydrogen-bond acceptors (Lipinski definition) is 3. The van der Waals surface area contributed by atoms with Crippen molar-refractivity contribution in [1.82, 2.24) is 0 Å². The molecular weight excluding hydrogens is 174 g/mol. The van der Waals surface area contributed by atoms with E-state index in [4.69, 9.17) is 10.5 Å². The lowest BCUT2D eigenvalue weighted by Crippen LogP contribution is -2.16. The molecule has 3 heteroatoms. The smallest absolute Gasteiger partial charge is 0.185 e. The molecule has 0 saturated carbocycles. The fraction of sp³-hybridized carbons (Fsp3) is 0.273. The second kappa shape index (κ2) is 4.89. The molecule has 1 rings (SSSR count). The van der Waals surface area contributed by atoms with Crippen LogP contribution >= 0.6 is 0 Å². The van der Waals surface area contributed by atoms with E-state index in [0.29, 0.717) is 0 Å². The number of hydrogen-bond donors (Lipinski definition) is 0. The zero-order valence-electron chi connectivity index (χ0n) is 8.07. The van der Waals surface area contributed by atoms with Crippen molar-refractivity contribution >= 4 is 5.69 Å². The molecule has 0 radical (unpaired) electrons. The molecule has 0 aliphatic heterocycles. The van der Waals surface area contributed by atoms with Crippen LogP contribution in [0.15, 0.2) is 24.3 Å². The van der Waals surface area contributed by atoms with Gasteiger partial charge in [-0.3, -0.25) is 4.90 Å². The minimum atomic E-state index is 0.101. The SMILES string of the molecule is CCc1cccc(N(C#N)CC#N)c1. The van der Waals surface area contributed by atoms with Crippen LogP contribution in [0.1, 0.15) is 12.5 Å². The topological polar surface area (TPSA) is 50.8 Å². The predicted molar refractivity (Wildman–Crippen MR) is 54.4 cm³/mol. The summed E-state index contributed by atoms with van der Waals surface area (Å²) in [7, 11) is 0. The fourth-order valence-electron chi connectivity index (χ4n) is 1.20. The van der Waals surface area contributed by atoms with Crippen LogP contribution in [-0.4, -0.2) is 6.54 Å². The van der Waals surface area contributed by atoms with Crippen molar-refractivity contribution in [3.8, 4) is 12.3 Å². The lowest BCUT2D eigenvalue weighted by Gasteiger charge is -2.11. The van der Waals surface area contributed by atoms with Crippen molar-refractivity contribution in [3.05, 3.63) is 29.8 Å². The van der Waals surface area contributed by atoms with Crippen LogP contribution < -0.4 is 4.90 Å². The lowest BCUT2D eigenvalue weighted by molar-refractivity contribution is 1.08. The average Bonchev–Trinajstić information content (AvgIpc) is 2.26. The Bertz CT molecular complexity index is 384. The summed E-state index contributed by atoms with van der Waals surface area (Å²) in [5, 5.41) is 17.3. The molecule has 0 aliphatic carbocycles. The third kappa shape index (κ3) is 2.24. The maximum atomic E-state index is 8.80. The predicted octanol–water partition coefficient (Wildman–Crippen LogP) is 2.06. The van der Waals surface area contributed by atoms with Gasteiger partial charge >= 0.3 is 0 Å². The van der Waals surface area contributed by atoms with Crippen molar-refractivity contribution in [2.45, 2.75) is 13.3 Å². The van der Waals surface area contributed by atoms with Gasteiger partial charge in [0.2, 0.25) is 0 Å². The van der Waals surface area contributed by atoms with E-state index < -0.39 is 0 Å². The molecule has 14 heavy (non-hydrogen) atoms. The maximum Gasteiger partial charge on any atom is 0.185 e. The Labute approximate surface area is 83.8 Å². The molecular formula is C11H11N3. The summed E-state index contributed by atoms with van der Waals surface area (Å²) >= 11 is 0. The number of benzene rings is 1. The Hall–Kier alpha value is -2.00. The van der Waals surface area contributed by atoms with Gasteiger partial charge < -0.3 is 0 Å². The Morgan fingerprint density at radius 1 is 1.36 bits per heavy atom. The van der Waals surface area contributed by atoms with E-state index >= 15 is 0 Å². The van der Waals surface area contributed by atoms with Crippen molar-refractivity contribution in [2.75, 3.05) is 11.4 Å². The van der Waals surface area contributed by atoms with Crippen LogP contribution in [0.3, 0.4) is 0 Å². The van der Waals surface area contributed by atoms with Crippen LogP contribution in [0.2, 0.25) is 0 Å². The molecule has 0 heterocycles. The highest BCUT2D eigenvalue weighted by Gasteiger charge is 2.03. The van der Waals surface area contributed by atoms with Crippen molar-refractivity contribution in [3.63, 3.8) is 0 Å². The fourth-order valence-corrected chi connectivity index (χ4v) is 1.20. The third-order valence-electron chi connectivity index (χ3n) is 1.98. The minimum Gasteiger partial charge on any atom is -0.265 e. The Morgan fingerprint density at radius 3 is 2.71 bits per heavy atom. The minimum absolute atomic E-state index is 0.101. The van der Waals surface area contributed by atoms with Crippen LogP contribution in [0.25, 0.3) is 0 Å². The molecule has 0 aliphatic rings. The van der Waals surface area contributed by atoms with Gasteiger partial charge in [0.1, 0.15) is 6.54 Å². The number of anilines is 1. The van der Waals surface area contributed by atoms with Gasteiger partial charge in [-0.15, -0.1) is 0 Å². The van der Waals surface area contributed by atoms with Gasteiger partial charge in [-0.2, -0.15) is 10.5 Å². The second-order valence-corrected chi connectivity index (χ2v) is 2.87. The summed E-state index contributed by atoms with van der Waals surface area (Å²) in [5.41, 5.74) is 1.95. The largest absolute Gasteiger partial charge is 0.265 e. The molecule has 0 fully saturated rings. The first-order chi connectivity index (χ1) is 6.81. The van der Waals surface area contributed by atoms with Gasteiger partial charge in [0, 0.05) is 0 Å². The van der Waals surface area contributed by atoms with Gasteiger partial charge in [0.05, 0.1) is 11.8 Å². The molecule has 0 bridgehead atoms. The second-order valence-electron chi connectivity index (χ2n) is 2.87.